The molecular weight excluding hydrogens is 768 g/mol. The summed E-state index contributed by atoms with van der Waals surface area (Å²) in [5.74, 6) is -22.4. The quantitative estimate of drug-likeness (QED) is 0.0543. The van der Waals surface area contributed by atoms with Gasteiger partial charge in [0.1, 0.15) is 0 Å². The highest BCUT2D eigenvalue weighted by Crippen LogP contribution is 2.50. The van der Waals surface area contributed by atoms with Crippen LogP contribution in [0.4, 0.5) is 52.7 Å². The van der Waals surface area contributed by atoms with Crippen molar-refractivity contribution < 1.29 is 84.5 Å². The summed E-state index contributed by atoms with van der Waals surface area (Å²) < 4.78 is 208. The Labute approximate surface area is 293 Å². The van der Waals surface area contributed by atoms with Gasteiger partial charge in [-0.05, 0) is 39.9 Å². The Morgan fingerprint density at radius 2 is 0.824 bits per heavy atom. The zero-order valence-electron chi connectivity index (χ0n) is 30.2. The lowest BCUT2D eigenvalue weighted by Crippen LogP contribution is -2.60. The summed E-state index contributed by atoms with van der Waals surface area (Å²) in [5, 5.41) is 0.172. The number of alkyl halides is 12. The average molecular weight is 822 g/mol. The molecule has 0 fully saturated rings. The van der Waals surface area contributed by atoms with E-state index in [1.54, 1.807) is 0 Å². The van der Waals surface area contributed by atoms with Crippen LogP contribution in [0.25, 0.3) is 0 Å². The molecule has 2 N–H and O–H groups in total. The standard InChI is InChI=1S/C14H27F6N2O2S.C13H24F6N2O2S.H2O2/c1-6-21(10-9-11-22(5,7-2)8-3)25(23,24)14(19,20)13(17,18)12(4,15)16;1-5-20(6-2)9-8-10-21(7-3)24(22,23)13(18,19)12(16,17)11(4,14)15;1-2/h6-11H2,1-5H3;5-10H2,1-4H3;1-2H/q+1;;. The van der Waals surface area contributed by atoms with E-state index in [0.717, 1.165) is 0 Å². The summed E-state index contributed by atoms with van der Waals surface area (Å²) in [4.78, 5) is 1.88. The molecule has 0 bridgehead atoms. The molecule has 0 aliphatic rings. The molecule has 312 valence electrons. The second-order valence-electron chi connectivity index (χ2n) is 11.7. The minimum Gasteiger partial charge on any atom is -0.326 e. The Morgan fingerprint density at radius 1 is 0.529 bits per heavy atom. The van der Waals surface area contributed by atoms with Crippen LogP contribution in [0, 0.1) is 0 Å². The van der Waals surface area contributed by atoms with Gasteiger partial charge in [-0.2, -0.15) is 61.3 Å². The van der Waals surface area contributed by atoms with Crippen LogP contribution in [-0.4, -0.2) is 152 Å². The molecular formula is C27H53F12N4O6S2+. The maximum absolute atomic E-state index is 13.8. The first-order chi connectivity index (χ1) is 22.7. The second kappa shape index (κ2) is 20.5. The summed E-state index contributed by atoms with van der Waals surface area (Å²) in [7, 11) is -10.0. The molecule has 0 spiro atoms. The van der Waals surface area contributed by atoms with Crippen LogP contribution in [0.3, 0.4) is 0 Å². The van der Waals surface area contributed by atoms with Gasteiger partial charge >= 0.3 is 34.2 Å². The van der Waals surface area contributed by atoms with Gasteiger partial charge in [0, 0.05) is 46.4 Å². The molecule has 0 aromatic carbocycles. The van der Waals surface area contributed by atoms with E-state index in [2.05, 4.69) is 0 Å². The molecule has 0 aliphatic heterocycles. The zero-order valence-corrected chi connectivity index (χ0v) is 31.8. The Balaban J connectivity index is -0.000000862. The fourth-order valence-corrected chi connectivity index (χ4v) is 7.31. The van der Waals surface area contributed by atoms with E-state index < -0.39 is 94.3 Å². The molecule has 51 heavy (non-hydrogen) atoms. The highest BCUT2D eigenvalue weighted by Gasteiger charge is 2.77. The normalized spacial score (nSPS) is 14.4. The molecule has 0 heterocycles. The van der Waals surface area contributed by atoms with Crippen molar-refractivity contribution in [1.82, 2.24) is 13.5 Å². The van der Waals surface area contributed by atoms with E-state index >= 15 is 0 Å². The SMILES string of the molecule is CCN(CC)CCCN(CC)S(=O)(=O)C(F)(F)C(F)(F)C(C)(F)F.CCN(CCC[N+](C)(CC)CC)S(=O)(=O)C(F)(F)C(F)(F)C(C)(F)F.OO. The number of quaternary nitrogens is 1. The molecule has 0 amide bonds. The summed E-state index contributed by atoms with van der Waals surface area (Å²) in [5.41, 5.74) is 0. The number of hydrogen-bond acceptors (Lipinski definition) is 7. The van der Waals surface area contributed by atoms with Crippen LogP contribution < -0.4 is 0 Å². The molecule has 0 rings (SSSR count). The molecule has 24 heteroatoms. The van der Waals surface area contributed by atoms with Gasteiger partial charge in [0.2, 0.25) is 0 Å². The predicted octanol–water partition coefficient (Wildman–Crippen LogP) is 6.67. The summed E-state index contributed by atoms with van der Waals surface area (Å²) >= 11 is 0. The number of rotatable bonds is 22. The Morgan fingerprint density at radius 3 is 1.06 bits per heavy atom. The van der Waals surface area contributed by atoms with Gasteiger partial charge in [0.15, 0.2) is 0 Å². The largest absolute Gasteiger partial charge is 0.427 e. The van der Waals surface area contributed by atoms with E-state index in [4.69, 9.17) is 10.5 Å². The number of nitrogens with zero attached hydrogens (tertiary/aromatic N) is 4. The van der Waals surface area contributed by atoms with Gasteiger partial charge in [-0.1, -0.05) is 27.7 Å². The van der Waals surface area contributed by atoms with Gasteiger partial charge in [-0.3, -0.25) is 10.5 Å². The van der Waals surface area contributed by atoms with Crippen molar-refractivity contribution in [2.24, 2.45) is 0 Å². The first-order valence-electron chi connectivity index (χ1n) is 15.8. The second-order valence-corrected chi connectivity index (χ2v) is 15.6. The van der Waals surface area contributed by atoms with Crippen LogP contribution in [-0.2, 0) is 20.0 Å². The maximum Gasteiger partial charge on any atom is 0.427 e. The lowest BCUT2D eigenvalue weighted by atomic mass is 10.2. The van der Waals surface area contributed by atoms with Gasteiger partial charge < -0.3 is 9.38 Å². The molecule has 0 atom stereocenters. The molecule has 0 aromatic rings. The third kappa shape index (κ3) is 12.7. The third-order valence-electron chi connectivity index (χ3n) is 8.28. The summed E-state index contributed by atoms with van der Waals surface area (Å²) in [6.45, 7) is 10.5. The lowest BCUT2D eigenvalue weighted by Gasteiger charge is -2.35. The van der Waals surface area contributed by atoms with Crippen molar-refractivity contribution in [3.8, 4) is 0 Å². The fraction of sp³-hybridized carbons (Fsp3) is 1.00. The van der Waals surface area contributed by atoms with Crippen molar-refractivity contribution >= 4 is 20.0 Å². The maximum atomic E-state index is 13.8. The van der Waals surface area contributed by atoms with E-state index in [1.165, 1.54) is 13.8 Å². The molecule has 0 unspecified atom stereocenters. The number of hydrogen-bond donors (Lipinski definition) is 2. The smallest absolute Gasteiger partial charge is 0.326 e. The third-order valence-corrected chi connectivity index (χ3v) is 12.3. The van der Waals surface area contributed by atoms with Gasteiger partial charge in [-0.15, -0.1) is 0 Å². The van der Waals surface area contributed by atoms with Crippen LogP contribution in [0.15, 0.2) is 0 Å². The molecule has 0 aromatic heterocycles. The van der Waals surface area contributed by atoms with Crippen LogP contribution >= 0.6 is 0 Å². The van der Waals surface area contributed by atoms with Gasteiger partial charge in [0.25, 0.3) is 20.0 Å². The fourth-order valence-electron chi connectivity index (χ4n) is 4.23. The summed E-state index contributed by atoms with van der Waals surface area (Å²) in [6, 6.07) is 0. The van der Waals surface area contributed by atoms with Crippen molar-refractivity contribution in [3.63, 3.8) is 0 Å². The predicted molar refractivity (Wildman–Crippen MR) is 168 cm³/mol. The number of halogens is 12. The molecule has 0 aliphatic carbocycles. The van der Waals surface area contributed by atoms with Crippen molar-refractivity contribution in [2.45, 2.75) is 102 Å². The monoisotopic (exact) mass is 821 g/mol. The highest BCUT2D eigenvalue weighted by atomic mass is 32.2. The van der Waals surface area contributed by atoms with E-state index in [-0.39, 0.29) is 21.5 Å². The molecule has 0 saturated heterocycles. The highest BCUT2D eigenvalue weighted by molar-refractivity contribution is 7.90. The van der Waals surface area contributed by atoms with Crippen molar-refractivity contribution in [2.75, 3.05) is 72.5 Å². The molecule has 10 nitrogen and oxygen atoms in total. The minimum absolute atomic E-state index is 0.110. The minimum atomic E-state index is -6.02. The topological polar surface area (TPSA) is 118 Å². The van der Waals surface area contributed by atoms with E-state index in [1.807, 2.05) is 39.6 Å². The first kappa shape index (κ1) is 54.2. The lowest BCUT2D eigenvalue weighted by molar-refractivity contribution is -0.906. The van der Waals surface area contributed by atoms with Crippen LogP contribution in [0.5, 0.6) is 0 Å². The Kier molecular flexibility index (Phi) is 21.8. The molecule has 0 saturated carbocycles. The average Bonchev–Trinajstić information content (AvgIpc) is 3.02. The van der Waals surface area contributed by atoms with Gasteiger partial charge in [-0.25, -0.2) is 16.8 Å². The summed E-state index contributed by atoms with van der Waals surface area (Å²) in [6.07, 6.45) is 0.244. The van der Waals surface area contributed by atoms with E-state index in [0.29, 0.717) is 43.8 Å². The van der Waals surface area contributed by atoms with E-state index in [9.17, 15) is 69.5 Å². The van der Waals surface area contributed by atoms with Crippen LogP contribution in [0.1, 0.15) is 68.2 Å². The van der Waals surface area contributed by atoms with Gasteiger partial charge in [0.05, 0.1) is 26.7 Å². The Bertz CT molecular complexity index is 1210. The zero-order chi connectivity index (χ0) is 41.7. The first-order valence-corrected chi connectivity index (χ1v) is 18.6. The van der Waals surface area contributed by atoms with Crippen LogP contribution in [0.2, 0.25) is 0 Å². The molecule has 0 radical (unpaired) electrons. The van der Waals surface area contributed by atoms with Crippen molar-refractivity contribution in [1.29, 1.82) is 0 Å². The Hall–Kier alpha value is -1.18. The van der Waals surface area contributed by atoms with Crippen molar-refractivity contribution in [3.05, 3.63) is 0 Å². The number of sulfonamides is 2.